The number of thioether (sulfide) groups is 1. The Hall–Kier alpha value is -1.86. The second-order valence-corrected chi connectivity index (χ2v) is 6.32. The fourth-order valence-electron chi connectivity index (χ4n) is 1.90. The summed E-state index contributed by atoms with van der Waals surface area (Å²) < 4.78 is 2.37. The van der Waals surface area contributed by atoms with Crippen LogP contribution < -0.4 is 11.2 Å². The number of aromatic nitrogens is 3. The molecule has 102 valence electrons. The van der Waals surface area contributed by atoms with Gasteiger partial charge in [-0.2, -0.15) is 0 Å². The smallest absolute Gasteiger partial charge is 0.290 e. The van der Waals surface area contributed by atoms with E-state index in [0.29, 0.717) is 16.0 Å². The van der Waals surface area contributed by atoms with Crippen LogP contribution in [0.4, 0.5) is 0 Å². The van der Waals surface area contributed by atoms with Crippen molar-refractivity contribution in [2.75, 3.05) is 6.26 Å². The van der Waals surface area contributed by atoms with Crippen LogP contribution in [-0.2, 0) is 0 Å². The van der Waals surface area contributed by atoms with Crippen LogP contribution >= 0.6 is 23.1 Å². The van der Waals surface area contributed by atoms with Crippen LogP contribution in [0.5, 0.6) is 0 Å². The van der Waals surface area contributed by atoms with Gasteiger partial charge in [-0.25, -0.2) is 14.3 Å². The van der Waals surface area contributed by atoms with Crippen LogP contribution in [-0.4, -0.2) is 20.8 Å². The van der Waals surface area contributed by atoms with E-state index >= 15 is 0 Å². The van der Waals surface area contributed by atoms with E-state index in [0.717, 1.165) is 14.5 Å². The maximum atomic E-state index is 12.5. The maximum Gasteiger partial charge on any atom is 0.334 e. The summed E-state index contributed by atoms with van der Waals surface area (Å²) in [6.45, 7) is 1.95. The Bertz CT molecular complexity index is 891. The highest BCUT2D eigenvalue weighted by atomic mass is 32.2. The van der Waals surface area contributed by atoms with Gasteiger partial charge >= 0.3 is 5.69 Å². The molecule has 0 aliphatic rings. The molecule has 0 radical (unpaired) electrons. The van der Waals surface area contributed by atoms with Gasteiger partial charge in [0.2, 0.25) is 0 Å². The molecule has 0 spiro atoms. The number of aromatic amines is 1. The third-order valence-corrected chi connectivity index (χ3v) is 4.93. The average molecular weight is 305 g/mol. The minimum Gasteiger partial charge on any atom is -0.290 e. The van der Waals surface area contributed by atoms with Crippen molar-refractivity contribution in [1.82, 2.24) is 14.5 Å². The van der Waals surface area contributed by atoms with Crippen molar-refractivity contribution < 1.29 is 0 Å². The van der Waals surface area contributed by atoms with Crippen LogP contribution in [0.25, 0.3) is 16.0 Å². The monoisotopic (exact) mass is 305 g/mol. The largest absolute Gasteiger partial charge is 0.334 e. The second kappa shape index (κ2) is 4.92. The van der Waals surface area contributed by atoms with E-state index in [-0.39, 0.29) is 5.56 Å². The Balaban J connectivity index is 2.33. The van der Waals surface area contributed by atoms with Crippen molar-refractivity contribution in [3.8, 4) is 5.69 Å². The lowest BCUT2D eigenvalue weighted by atomic mass is 10.2. The molecule has 2 heterocycles. The molecule has 0 saturated heterocycles. The highest BCUT2D eigenvalue weighted by molar-refractivity contribution is 8.00. The predicted molar refractivity (Wildman–Crippen MR) is 82.4 cm³/mol. The second-order valence-electron chi connectivity index (χ2n) is 4.27. The Morgan fingerprint density at radius 1 is 1.25 bits per heavy atom. The molecule has 0 aliphatic heterocycles. The summed E-state index contributed by atoms with van der Waals surface area (Å²) in [6, 6.07) is 7.25. The summed E-state index contributed by atoms with van der Waals surface area (Å²) >= 11 is 2.74. The standard InChI is InChI=1S/C13H11N3O2S2/c1-7-3-5-8(6-4-7)16-11(17)9-10(14-12(16)18)15-13(19-2)20-9/h3-6H,1-2H3,(H,14,18). The van der Waals surface area contributed by atoms with Crippen LogP contribution in [0.3, 0.4) is 0 Å². The Morgan fingerprint density at radius 2 is 1.95 bits per heavy atom. The van der Waals surface area contributed by atoms with Gasteiger partial charge in [0.05, 0.1) is 5.69 Å². The van der Waals surface area contributed by atoms with Gasteiger partial charge in [0.15, 0.2) is 9.99 Å². The highest BCUT2D eigenvalue weighted by Crippen LogP contribution is 2.24. The number of hydrogen-bond acceptors (Lipinski definition) is 5. The Labute approximate surface area is 122 Å². The number of nitrogens with one attached hydrogen (secondary N) is 1. The molecular weight excluding hydrogens is 294 g/mol. The predicted octanol–water partition coefficient (Wildman–Crippen LogP) is 2.17. The molecule has 20 heavy (non-hydrogen) atoms. The first kappa shape index (κ1) is 13.1. The van der Waals surface area contributed by atoms with E-state index in [4.69, 9.17) is 0 Å². The number of nitrogens with zero attached hydrogens (tertiary/aromatic N) is 2. The molecule has 3 aromatic rings. The SMILES string of the molecule is CSc1nc2[nH]c(=O)n(-c3ccc(C)cc3)c(=O)c2s1. The van der Waals surface area contributed by atoms with Crippen LogP contribution in [0, 0.1) is 6.92 Å². The number of hydrogen-bond donors (Lipinski definition) is 1. The molecule has 0 atom stereocenters. The fourth-order valence-corrected chi connectivity index (χ4v) is 3.35. The molecule has 0 saturated carbocycles. The number of fused-ring (bicyclic) bond motifs is 1. The summed E-state index contributed by atoms with van der Waals surface area (Å²) in [5.74, 6) is 0. The maximum absolute atomic E-state index is 12.5. The first-order valence-electron chi connectivity index (χ1n) is 5.87. The number of aryl methyl sites for hydroxylation is 1. The number of rotatable bonds is 2. The van der Waals surface area contributed by atoms with Gasteiger partial charge in [0, 0.05) is 0 Å². The Morgan fingerprint density at radius 3 is 2.60 bits per heavy atom. The van der Waals surface area contributed by atoms with E-state index in [1.54, 1.807) is 12.1 Å². The van der Waals surface area contributed by atoms with Gasteiger partial charge in [-0.15, -0.1) is 11.3 Å². The van der Waals surface area contributed by atoms with Crippen LogP contribution in [0.1, 0.15) is 5.56 Å². The lowest BCUT2D eigenvalue weighted by Gasteiger charge is -2.04. The zero-order chi connectivity index (χ0) is 14.3. The third-order valence-electron chi connectivity index (χ3n) is 2.90. The van der Waals surface area contributed by atoms with E-state index in [1.807, 2.05) is 25.3 Å². The zero-order valence-electron chi connectivity index (χ0n) is 10.8. The van der Waals surface area contributed by atoms with Crippen molar-refractivity contribution >= 4 is 33.4 Å². The fraction of sp³-hybridized carbons (Fsp3) is 0.154. The molecule has 1 aromatic carbocycles. The first-order chi connectivity index (χ1) is 9.60. The van der Waals surface area contributed by atoms with Crippen LogP contribution in [0.15, 0.2) is 38.2 Å². The highest BCUT2D eigenvalue weighted by Gasteiger charge is 2.13. The molecule has 0 amide bonds. The van der Waals surface area contributed by atoms with Gasteiger partial charge in [0.1, 0.15) is 4.70 Å². The van der Waals surface area contributed by atoms with Crippen LogP contribution in [0.2, 0.25) is 0 Å². The summed E-state index contributed by atoms with van der Waals surface area (Å²) in [4.78, 5) is 31.4. The minimum absolute atomic E-state index is 0.328. The quantitative estimate of drug-likeness (QED) is 0.737. The molecule has 7 heteroatoms. The summed E-state index contributed by atoms with van der Waals surface area (Å²) in [5, 5.41) is 0. The van der Waals surface area contributed by atoms with Gasteiger partial charge in [0.25, 0.3) is 5.56 Å². The van der Waals surface area contributed by atoms with E-state index in [9.17, 15) is 9.59 Å². The van der Waals surface area contributed by atoms with Crippen molar-refractivity contribution in [2.45, 2.75) is 11.3 Å². The average Bonchev–Trinajstić information content (AvgIpc) is 2.84. The normalized spacial score (nSPS) is 11.1. The number of benzene rings is 1. The summed E-state index contributed by atoms with van der Waals surface area (Å²) in [5.41, 5.74) is 1.19. The van der Waals surface area contributed by atoms with Gasteiger partial charge < -0.3 is 0 Å². The molecule has 3 rings (SSSR count). The van der Waals surface area contributed by atoms with E-state index < -0.39 is 5.69 Å². The number of H-pyrrole nitrogens is 1. The molecule has 0 bridgehead atoms. The van der Waals surface area contributed by atoms with Crippen molar-refractivity contribution in [1.29, 1.82) is 0 Å². The first-order valence-corrected chi connectivity index (χ1v) is 7.91. The van der Waals surface area contributed by atoms with Gasteiger partial charge in [-0.05, 0) is 25.3 Å². The molecule has 2 aromatic heterocycles. The third kappa shape index (κ3) is 2.08. The topological polar surface area (TPSA) is 67.8 Å². The lowest BCUT2D eigenvalue weighted by molar-refractivity contribution is 0.898. The van der Waals surface area contributed by atoms with E-state index in [1.165, 1.54) is 23.1 Å². The minimum atomic E-state index is -0.468. The molecule has 5 nitrogen and oxygen atoms in total. The number of thiazole rings is 1. The molecule has 0 unspecified atom stereocenters. The van der Waals surface area contributed by atoms with E-state index in [2.05, 4.69) is 9.97 Å². The molecule has 0 aliphatic carbocycles. The van der Waals surface area contributed by atoms with Gasteiger partial charge in [-0.1, -0.05) is 29.5 Å². The summed E-state index contributed by atoms with van der Waals surface area (Å²) in [7, 11) is 0. The molecule has 1 N–H and O–H groups in total. The molecule has 0 fully saturated rings. The van der Waals surface area contributed by atoms with Crippen molar-refractivity contribution in [3.05, 3.63) is 50.7 Å². The van der Waals surface area contributed by atoms with Crippen molar-refractivity contribution in [3.63, 3.8) is 0 Å². The Kier molecular flexibility index (Phi) is 3.23. The van der Waals surface area contributed by atoms with Crippen molar-refractivity contribution in [2.24, 2.45) is 0 Å². The summed E-state index contributed by atoms with van der Waals surface area (Å²) in [6.07, 6.45) is 1.88. The lowest BCUT2D eigenvalue weighted by Crippen LogP contribution is -2.33. The molecular formula is C13H11N3O2S2. The van der Waals surface area contributed by atoms with Gasteiger partial charge in [-0.3, -0.25) is 9.78 Å². The zero-order valence-corrected chi connectivity index (χ0v) is 12.5.